The predicted molar refractivity (Wildman–Crippen MR) is 70.4 cm³/mol. The highest BCUT2D eigenvalue weighted by molar-refractivity contribution is 7.89. The van der Waals surface area contributed by atoms with Crippen LogP contribution in [0.15, 0.2) is 23.1 Å². The molecule has 1 rings (SSSR count). The Hall–Kier alpha value is -1.45. The van der Waals surface area contributed by atoms with Crippen molar-refractivity contribution in [1.29, 1.82) is 5.26 Å². The molecule has 0 N–H and O–H groups in total. The van der Waals surface area contributed by atoms with Gasteiger partial charge in [-0.2, -0.15) is 9.57 Å². The average molecular weight is 284 g/mol. The molecule has 0 spiro atoms. The van der Waals surface area contributed by atoms with Gasteiger partial charge in [0.25, 0.3) is 0 Å². The zero-order valence-electron chi connectivity index (χ0n) is 11.2. The van der Waals surface area contributed by atoms with Crippen LogP contribution >= 0.6 is 0 Å². The van der Waals surface area contributed by atoms with E-state index in [1.54, 1.807) is 19.9 Å². The Morgan fingerprint density at radius 2 is 2.05 bits per heavy atom. The number of hydrogen-bond donors (Lipinski definition) is 0. The first-order valence-electron chi connectivity index (χ1n) is 6.10. The number of hydrogen-bond acceptors (Lipinski definition) is 3. The van der Waals surface area contributed by atoms with Crippen LogP contribution in [-0.2, 0) is 10.0 Å². The predicted octanol–water partition coefficient (Wildman–Crippen LogP) is 2.51. The molecule has 1 atom stereocenters. The molecular formula is C13H17FN2O2S. The Kier molecular flexibility index (Phi) is 5.04. The molecule has 1 aromatic carbocycles. The zero-order chi connectivity index (χ0) is 14.6. The van der Waals surface area contributed by atoms with Crippen molar-refractivity contribution in [3.8, 4) is 6.07 Å². The summed E-state index contributed by atoms with van der Waals surface area (Å²) in [6.07, 6.45) is 0.643. The maximum atomic E-state index is 13.5. The fourth-order valence-corrected chi connectivity index (χ4v) is 3.74. The zero-order valence-corrected chi connectivity index (χ0v) is 12.0. The Labute approximate surface area is 113 Å². The van der Waals surface area contributed by atoms with E-state index < -0.39 is 21.4 Å². The molecule has 0 saturated carbocycles. The fourth-order valence-electron chi connectivity index (χ4n) is 1.88. The number of sulfonamides is 1. The van der Waals surface area contributed by atoms with Gasteiger partial charge in [-0.25, -0.2) is 12.8 Å². The topological polar surface area (TPSA) is 61.2 Å². The quantitative estimate of drug-likeness (QED) is 0.834. The van der Waals surface area contributed by atoms with E-state index in [-0.39, 0.29) is 17.5 Å². The Morgan fingerprint density at radius 3 is 2.53 bits per heavy atom. The molecule has 0 fully saturated rings. The molecule has 0 aliphatic carbocycles. The average Bonchev–Trinajstić information content (AvgIpc) is 2.38. The molecule has 0 aliphatic rings. The van der Waals surface area contributed by atoms with E-state index in [1.807, 2.05) is 6.92 Å². The lowest BCUT2D eigenvalue weighted by Crippen LogP contribution is -2.38. The minimum atomic E-state index is -3.86. The number of rotatable bonds is 5. The van der Waals surface area contributed by atoms with E-state index in [0.717, 1.165) is 6.07 Å². The van der Waals surface area contributed by atoms with Crippen molar-refractivity contribution in [1.82, 2.24) is 4.31 Å². The number of benzene rings is 1. The van der Waals surface area contributed by atoms with E-state index >= 15 is 0 Å². The van der Waals surface area contributed by atoms with Crippen LogP contribution in [-0.4, -0.2) is 25.3 Å². The summed E-state index contributed by atoms with van der Waals surface area (Å²) in [5.41, 5.74) is -0.427. The third-order valence-corrected chi connectivity index (χ3v) is 5.20. The second-order valence-electron chi connectivity index (χ2n) is 4.19. The second kappa shape index (κ2) is 6.13. The van der Waals surface area contributed by atoms with Gasteiger partial charge in [0.2, 0.25) is 10.0 Å². The SMILES string of the molecule is CCC(C)N(CC)S(=O)(=O)c1cccc(F)c1C#N. The van der Waals surface area contributed by atoms with Crippen molar-refractivity contribution >= 4 is 10.0 Å². The van der Waals surface area contributed by atoms with Crippen molar-refractivity contribution in [3.63, 3.8) is 0 Å². The van der Waals surface area contributed by atoms with Crippen LogP contribution in [0, 0.1) is 17.1 Å². The normalized spacial score (nSPS) is 13.3. The van der Waals surface area contributed by atoms with Gasteiger partial charge in [0.15, 0.2) is 0 Å². The minimum Gasteiger partial charge on any atom is -0.207 e. The van der Waals surface area contributed by atoms with Gasteiger partial charge in [0, 0.05) is 12.6 Å². The van der Waals surface area contributed by atoms with Gasteiger partial charge in [-0.15, -0.1) is 0 Å². The molecular weight excluding hydrogens is 267 g/mol. The van der Waals surface area contributed by atoms with Gasteiger partial charge >= 0.3 is 0 Å². The van der Waals surface area contributed by atoms with Crippen molar-refractivity contribution in [2.45, 2.75) is 38.1 Å². The number of halogens is 1. The van der Waals surface area contributed by atoms with Gasteiger partial charge in [-0.1, -0.05) is 19.9 Å². The maximum Gasteiger partial charge on any atom is 0.244 e. The summed E-state index contributed by atoms with van der Waals surface area (Å²) >= 11 is 0. The van der Waals surface area contributed by atoms with Crippen LogP contribution in [0.2, 0.25) is 0 Å². The first-order chi connectivity index (χ1) is 8.89. The molecule has 1 unspecified atom stereocenters. The molecule has 4 nitrogen and oxygen atoms in total. The molecule has 0 aromatic heterocycles. The van der Waals surface area contributed by atoms with Crippen LogP contribution < -0.4 is 0 Å². The molecule has 19 heavy (non-hydrogen) atoms. The molecule has 0 radical (unpaired) electrons. The highest BCUT2D eigenvalue weighted by Gasteiger charge is 2.30. The van der Waals surface area contributed by atoms with E-state index in [0.29, 0.717) is 6.42 Å². The highest BCUT2D eigenvalue weighted by atomic mass is 32.2. The second-order valence-corrected chi connectivity index (χ2v) is 6.05. The van der Waals surface area contributed by atoms with Gasteiger partial charge in [-0.05, 0) is 25.5 Å². The molecule has 1 aromatic rings. The molecule has 0 heterocycles. The first-order valence-corrected chi connectivity index (χ1v) is 7.54. The monoisotopic (exact) mass is 284 g/mol. The number of nitrogens with zero attached hydrogens (tertiary/aromatic N) is 2. The highest BCUT2D eigenvalue weighted by Crippen LogP contribution is 2.24. The van der Waals surface area contributed by atoms with Crippen molar-refractivity contribution in [2.75, 3.05) is 6.54 Å². The van der Waals surface area contributed by atoms with Gasteiger partial charge in [-0.3, -0.25) is 0 Å². The van der Waals surface area contributed by atoms with Crippen LogP contribution in [0.3, 0.4) is 0 Å². The van der Waals surface area contributed by atoms with Gasteiger partial charge in [0.1, 0.15) is 22.3 Å². The van der Waals surface area contributed by atoms with Crippen molar-refractivity contribution in [3.05, 3.63) is 29.6 Å². The van der Waals surface area contributed by atoms with E-state index in [9.17, 15) is 12.8 Å². The van der Waals surface area contributed by atoms with E-state index in [4.69, 9.17) is 5.26 Å². The fraction of sp³-hybridized carbons (Fsp3) is 0.462. The van der Waals surface area contributed by atoms with E-state index in [2.05, 4.69) is 0 Å². The van der Waals surface area contributed by atoms with Crippen molar-refractivity contribution < 1.29 is 12.8 Å². The molecule has 104 valence electrons. The molecule has 0 bridgehead atoms. The Morgan fingerprint density at radius 1 is 1.42 bits per heavy atom. The van der Waals surface area contributed by atoms with Gasteiger partial charge in [0.05, 0.1) is 0 Å². The third kappa shape index (κ3) is 2.94. The van der Waals surface area contributed by atoms with Crippen molar-refractivity contribution in [2.24, 2.45) is 0 Å². The standard InChI is InChI=1S/C13H17FN2O2S/c1-4-10(3)16(5-2)19(17,18)13-8-6-7-12(14)11(13)9-15/h6-8,10H,4-5H2,1-3H3. The largest absolute Gasteiger partial charge is 0.244 e. The van der Waals surface area contributed by atoms with Crippen LogP contribution in [0.5, 0.6) is 0 Å². The van der Waals surface area contributed by atoms with Crippen LogP contribution in [0.4, 0.5) is 4.39 Å². The summed E-state index contributed by atoms with van der Waals surface area (Å²) in [7, 11) is -3.86. The minimum absolute atomic E-state index is 0.204. The number of nitriles is 1. The summed E-state index contributed by atoms with van der Waals surface area (Å²) in [5.74, 6) is -0.816. The molecule has 0 saturated heterocycles. The summed E-state index contributed by atoms with van der Waals surface area (Å²) in [4.78, 5) is -0.267. The summed E-state index contributed by atoms with van der Waals surface area (Å²) < 4.78 is 39.8. The van der Waals surface area contributed by atoms with Crippen LogP contribution in [0.25, 0.3) is 0 Å². The lowest BCUT2D eigenvalue weighted by Gasteiger charge is -2.26. The summed E-state index contributed by atoms with van der Waals surface area (Å²) in [5, 5.41) is 8.94. The Bertz CT molecular complexity index is 593. The maximum absolute atomic E-state index is 13.5. The lowest BCUT2D eigenvalue weighted by molar-refractivity contribution is 0.342. The molecule has 6 heteroatoms. The smallest absolute Gasteiger partial charge is 0.207 e. The molecule has 0 amide bonds. The summed E-state index contributed by atoms with van der Waals surface area (Å²) in [6, 6.07) is 5.07. The first kappa shape index (κ1) is 15.6. The Balaban J connectivity index is 3.44. The summed E-state index contributed by atoms with van der Waals surface area (Å²) in [6.45, 7) is 5.65. The van der Waals surface area contributed by atoms with Crippen LogP contribution in [0.1, 0.15) is 32.8 Å². The molecule has 0 aliphatic heterocycles. The third-order valence-electron chi connectivity index (χ3n) is 3.07. The van der Waals surface area contributed by atoms with Gasteiger partial charge < -0.3 is 0 Å². The van der Waals surface area contributed by atoms with E-state index in [1.165, 1.54) is 16.4 Å². The lowest BCUT2D eigenvalue weighted by atomic mass is 10.2.